The average Bonchev–Trinajstić information content (AvgIpc) is 1.68. The van der Waals surface area contributed by atoms with Gasteiger partial charge in [-0.1, -0.05) is 21.4 Å². The number of alkyl halides is 3. The lowest BCUT2D eigenvalue weighted by molar-refractivity contribution is -0.129. The van der Waals surface area contributed by atoms with E-state index in [1.165, 1.54) is 50.4 Å². The summed E-state index contributed by atoms with van der Waals surface area (Å²) in [6.07, 6.45) is 8.69. The highest BCUT2D eigenvalue weighted by Crippen LogP contribution is 2.40. The quantitative estimate of drug-likeness (QED) is 0.0827. The van der Waals surface area contributed by atoms with Crippen LogP contribution in [0.25, 0.3) is 21.8 Å². The lowest BCUT2D eigenvalue weighted by Gasteiger charge is -2.38. The van der Waals surface area contributed by atoms with Crippen LogP contribution in [0.5, 0.6) is 12.0 Å². The van der Waals surface area contributed by atoms with Crippen LogP contribution < -0.4 is 29.1 Å². The highest BCUT2D eigenvalue weighted by atomic mass is 32.1. The van der Waals surface area contributed by atoms with Crippen molar-refractivity contribution in [1.29, 1.82) is 0 Å². The maximum atomic E-state index is 14.7. The Hall–Kier alpha value is -6.83. The fourth-order valence-electron chi connectivity index (χ4n) is 13.5. The number of aryl methyl sites for hydroxylation is 2. The van der Waals surface area contributed by atoms with Gasteiger partial charge in [-0.2, -0.15) is 52.0 Å². The summed E-state index contributed by atoms with van der Waals surface area (Å²) in [5, 5.41) is 9.68. The van der Waals surface area contributed by atoms with Crippen molar-refractivity contribution in [3.63, 3.8) is 0 Å². The molecule has 10 heterocycles. The third-order valence-electron chi connectivity index (χ3n) is 18.1. The van der Waals surface area contributed by atoms with E-state index in [2.05, 4.69) is 87.3 Å². The number of likely N-dealkylation sites (tertiary alicyclic amines) is 2. The number of anilines is 4. The van der Waals surface area contributed by atoms with Crippen molar-refractivity contribution in [1.82, 2.24) is 54.7 Å². The number of benzene rings is 2. The molecule has 4 fully saturated rings. The summed E-state index contributed by atoms with van der Waals surface area (Å²) in [6, 6.07) is 6.86. The third-order valence-corrected chi connectivity index (χ3v) is 18.1. The van der Waals surface area contributed by atoms with Crippen LogP contribution in [-0.4, -0.2) is 202 Å². The number of hydrogen-bond donors (Lipinski definition) is 2. The van der Waals surface area contributed by atoms with E-state index in [0.717, 1.165) is 82.2 Å². The molecule has 0 spiro atoms. The van der Waals surface area contributed by atoms with E-state index in [9.17, 15) is 27.2 Å². The number of ether oxygens (including phenoxy) is 2. The third kappa shape index (κ3) is 14.8. The number of halogens is 4. The Morgan fingerprint density at radius 2 is 1.16 bits per heavy atom. The molecule has 6 aliphatic heterocycles. The Labute approximate surface area is 535 Å². The molecule has 19 nitrogen and oxygen atoms in total. The highest BCUT2D eigenvalue weighted by Gasteiger charge is 2.41. The summed E-state index contributed by atoms with van der Waals surface area (Å²) in [4.78, 5) is 63.8. The van der Waals surface area contributed by atoms with Gasteiger partial charge in [0.05, 0.1) is 41.9 Å². The molecule has 2 unspecified atom stereocenters. The standard InChI is InChI=1S/C31H40F2N8O2.C31H39F2N7O2.2CH4.2H2S/c1-20-14-25-24(16-34-37-25)28(21(20)2)41-9-7-23-26(17-41)35-30(43-18-22-15-31(3,33)19-38(22)4)36-29(23)40-12-10-39(11-13-40)27(42)6-5-8-32;1-19-14-25-23(6-8-34-25)27(20(19)2)40-9-7-24-26(16-40)35-30(42-17-22-15-31(4,33)18-37(22)5)36-28(24)38-10-12-39(13-11-38)29(41)21(3)32;;;;/h5-6,14,16,22H,7-13,15,17-19H2,1-4H3,(H,34,37);6,8,14,22,34H,3,7,9-13,15-18H2,1-2,4-5H3;2*1H4;2*1H2/b6-5+;;;;;/t2*22-,31?;;;;/m00..../s1. The van der Waals surface area contributed by atoms with Crippen molar-refractivity contribution in [2.75, 3.05) is 132 Å². The van der Waals surface area contributed by atoms with Gasteiger partial charge >= 0.3 is 12.0 Å². The Kier molecular flexibility index (Phi) is 22.3. The van der Waals surface area contributed by atoms with Crippen LogP contribution in [0.3, 0.4) is 0 Å². The molecule has 4 aromatic heterocycles. The van der Waals surface area contributed by atoms with Gasteiger partial charge in [-0.25, -0.2) is 17.6 Å². The molecule has 12 rings (SSSR count). The minimum absolute atomic E-state index is 0. The minimum atomic E-state index is -1.25. The lowest BCUT2D eigenvalue weighted by Crippen LogP contribution is -2.49. The zero-order chi connectivity index (χ0) is 60.1. The van der Waals surface area contributed by atoms with Gasteiger partial charge in [-0.05, 0) is 115 Å². The molecule has 6 aliphatic rings. The van der Waals surface area contributed by atoms with Gasteiger partial charge in [-0.3, -0.25) is 24.5 Å². The predicted octanol–water partition coefficient (Wildman–Crippen LogP) is 9.10. The van der Waals surface area contributed by atoms with Crippen LogP contribution in [-0.2, 0) is 35.5 Å². The Balaban J connectivity index is 0.000000243. The van der Waals surface area contributed by atoms with Gasteiger partial charge in [-0.15, -0.1) is 0 Å². The minimum Gasteiger partial charge on any atom is -0.462 e. The van der Waals surface area contributed by atoms with E-state index in [0.29, 0.717) is 105 Å². The number of fused-ring (bicyclic) bond motifs is 4. The van der Waals surface area contributed by atoms with Crippen LogP contribution in [0.1, 0.15) is 86.3 Å². The second-order valence-corrected chi connectivity index (χ2v) is 24.5. The smallest absolute Gasteiger partial charge is 0.318 e. The summed E-state index contributed by atoms with van der Waals surface area (Å²) >= 11 is 0. The summed E-state index contributed by atoms with van der Waals surface area (Å²) in [5.41, 5.74) is 10.8. The number of allylic oxidation sites excluding steroid dienone is 1. The largest absolute Gasteiger partial charge is 0.462 e. The number of carbonyl (C=O) groups is 2. The van der Waals surface area contributed by atoms with Crippen molar-refractivity contribution in [2.45, 2.75) is 119 Å². The molecule has 89 heavy (non-hydrogen) atoms. The number of nitrogens with one attached hydrogen (secondary N) is 2. The van der Waals surface area contributed by atoms with Crippen molar-refractivity contribution in [2.24, 2.45) is 0 Å². The molecule has 4 atom stereocenters. The number of rotatable bonds is 13. The number of piperazine rings is 2. The topological polar surface area (TPSA) is 175 Å². The van der Waals surface area contributed by atoms with Gasteiger partial charge in [0.25, 0.3) is 5.91 Å². The molecular weight excluding hydrogens is 1180 g/mol. The second-order valence-electron chi connectivity index (χ2n) is 24.5. The first-order valence-corrected chi connectivity index (χ1v) is 29.6. The number of carbonyl (C=O) groups excluding carboxylic acids is 2. The molecular formula is C64H91F4N15O4S2. The van der Waals surface area contributed by atoms with Crippen molar-refractivity contribution >= 4 is 83.6 Å². The van der Waals surface area contributed by atoms with Crippen LogP contribution in [0.15, 0.2) is 55.2 Å². The van der Waals surface area contributed by atoms with Crippen molar-refractivity contribution in [3.05, 3.63) is 99.9 Å². The van der Waals surface area contributed by atoms with Gasteiger partial charge in [0.15, 0.2) is 5.83 Å². The summed E-state index contributed by atoms with van der Waals surface area (Å²) in [7, 11) is 3.83. The number of aromatic nitrogens is 7. The SMILES string of the molecule is C.C.C=C(F)C(=O)N1CCN(c2nc(OC[C@@H]3CC(C)(F)CN3C)nc3c2CCN(c2c(C)c(C)cc4[nH]ccc24)C3)CC1.Cc1cc2[nH]ncc2c(N2CCc3c(nc(OC[C@@H]4CC(C)(F)CN4C)nc3N3CCN(C(=O)/C=C/CF)CC3)C2)c1C.S.S. The molecule has 0 saturated carbocycles. The van der Waals surface area contributed by atoms with E-state index in [1.54, 1.807) is 18.7 Å². The Bertz CT molecular complexity index is 3530. The number of nitrogens with zero attached hydrogens (tertiary/aromatic N) is 13. The first-order chi connectivity index (χ1) is 40.6. The zero-order valence-corrected chi connectivity index (χ0v) is 53.2. The average molecular weight is 1270 g/mol. The Morgan fingerprint density at radius 1 is 0.685 bits per heavy atom. The van der Waals surface area contributed by atoms with Crippen molar-refractivity contribution < 1.29 is 36.6 Å². The van der Waals surface area contributed by atoms with Gasteiger partial charge < -0.3 is 43.9 Å². The first kappa shape index (κ1) is 69.6. The van der Waals surface area contributed by atoms with Crippen LogP contribution >= 0.6 is 27.0 Å². The number of likely N-dealkylation sites (N-methyl/N-ethyl adjacent to an activating group) is 2. The molecule has 486 valence electrons. The van der Waals surface area contributed by atoms with E-state index < -0.39 is 29.7 Å². The number of aromatic amines is 2. The molecule has 6 aromatic rings. The van der Waals surface area contributed by atoms with Crippen LogP contribution in [0.2, 0.25) is 0 Å². The zero-order valence-electron chi connectivity index (χ0n) is 51.2. The first-order valence-electron chi connectivity index (χ1n) is 29.6. The fourth-order valence-corrected chi connectivity index (χ4v) is 13.5. The molecule has 2 aromatic carbocycles. The van der Waals surface area contributed by atoms with Crippen LogP contribution in [0.4, 0.5) is 40.6 Å². The lowest BCUT2D eigenvalue weighted by atomic mass is 9.99. The van der Waals surface area contributed by atoms with Crippen molar-refractivity contribution in [3.8, 4) is 12.0 Å². The number of hydrogen-bond acceptors (Lipinski definition) is 15. The van der Waals surface area contributed by atoms with E-state index in [1.807, 2.05) is 36.3 Å². The van der Waals surface area contributed by atoms with Gasteiger partial charge in [0, 0.05) is 149 Å². The van der Waals surface area contributed by atoms with E-state index >= 15 is 0 Å². The molecule has 2 N–H and O–H groups in total. The van der Waals surface area contributed by atoms with Crippen LogP contribution in [0, 0.1) is 27.7 Å². The van der Waals surface area contributed by atoms with Gasteiger partial charge in [0.1, 0.15) is 42.9 Å². The molecule has 0 aliphatic carbocycles. The summed E-state index contributed by atoms with van der Waals surface area (Å²) in [5.74, 6) is -0.160. The molecule has 0 bridgehead atoms. The molecule has 2 amide bonds. The van der Waals surface area contributed by atoms with Gasteiger partial charge in [0.2, 0.25) is 5.91 Å². The second kappa shape index (κ2) is 28.6. The fraction of sp³-hybridized carbons (Fsp3) is 0.547. The number of amides is 2. The molecule has 0 radical (unpaired) electrons. The highest BCUT2D eigenvalue weighted by molar-refractivity contribution is 7.59. The van der Waals surface area contributed by atoms with E-state index in [4.69, 9.17) is 29.4 Å². The molecule has 25 heteroatoms. The molecule has 4 saturated heterocycles. The maximum absolute atomic E-state index is 14.7. The summed E-state index contributed by atoms with van der Waals surface area (Å²) < 4.78 is 67.8. The predicted molar refractivity (Wildman–Crippen MR) is 356 cm³/mol. The van der Waals surface area contributed by atoms with E-state index in [-0.39, 0.29) is 71.9 Å². The Morgan fingerprint density at radius 3 is 1.62 bits per heavy atom. The maximum Gasteiger partial charge on any atom is 0.318 e. The summed E-state index contributed by atoms with van der Waals surface area (Å²) in [6.45, 7) is 22.4. The monoisotopic (exact) mass is 1270 g/mol. The normalized spacial score (nSPS) is 22.0. The number of H-pyrrole nitrogens is 2.